The number of carbonyl (C=O) groups is 1. The highest BCUT2D eigenvalue weighted by Crippen LogP contribution is 2.39. The number of terminal acetylenes is 1. The van der Waals surface area contributed by atoms with E-state index in [-0.39, 0.29) is 23.0 Å². The Morgan fingerprint density at radius 2 is 1.78 bits per heavy atom. The van der Waals surface area contributed by atoms with E-state index in [1.165, 1.54) is 0 Å². The average Bonchev–Trinajstić information content (AvgIpc) is 2.46. The summed E-state index contributed by atoms with van der Waals surface area (Å²) in [7, 11) is -1.93. The van der Waals surface area contributed by atoms with Crippen molar-refractivity contribution in [2.24, 2.45) is 11.8 Å². The van der Waals surface area contributed by atoms with Crippen molar-refractivity contribution in [3.63, 3.8) is 0 Å². The lowest BCUT2D eigenvalue weighted by atomic mass is 9.83. The summed E-state index contributed by atoms with van der Waals surface area (Å²) >= 11 is 0. The second-order valence-electron chi connectivity index (χ2n) is 10.1. The van der Waals surface area contributed by atoms with E-state index in [0.29, 0.717) is 18.8 Å². The highest BCUT2D eigenvalue weighted by Gasteiger charge is 2.40. The van der Waals surface area contributed by atoms with E-state index in [9.17, 15) is 4.79 Å². The third-order valence-electron chi connectivity index (χ3n) is 5.40. The summed E-state index contributed by atoms with van der Waals surface area (Å²) < 4.78 is 12.1. The molecule has 0 saturated carbocycles. The van der Waals surface area contributed by atoms with Crippen molar-refractivity contribution >= 4 is 14.3 Å². The van der Waals surface area contributed by atoms with Gasteiger partial charge in [-0.1, -0.05) is 33.8 Å². The van der Waals surface area contributed by atoms with Crippen molar-refractivity contribution in [1.29, 1.82) is 0 Å². The monoisotopic (exact) mass is 394 g/mol. The molecular weight excluding hydrogens is 352 g/mol. The minimum atomic E-state index is -1.93. The molecule has 0 saturated heterocycles. The summed E-state index contributed by atoms with van der Waals surface area (Å²) in [4.78, 5) is 12.0. The first-order valence-electron chi connectivity index (χ1n) is 10.1. The molecule has 0 N–H and O–H groups in total. The molecule has 0 radical (unpaired) electrons. The summed E-state index contributed by atoms with van der Waals surface area (Å²) in [5, 5.41) is 0.130. The molecule has 0 aliphatic carbocycles. The van der Waals surface area contributed by atoms with Gasteiger partial charge in [-0.3, -0.25) is 4.79 Å². The molecule has 0 aliphatic rings. The highest BCUT2D eigenvalue weighted by atomic mass is 28.4. The van der Waals surface area contributed by atoms with Gasteiger partial charge in [0.1, 0.15) is 5.60 Å². The second-order valence-corrected chi connectivity index (χ2v) is 14.9. The number of hydrogen-bond acceptors (Lipinski definition) is 3. The Labute approximate surface area is 169 Å². The molecule has 1 unspecified atom stereocenters. The topological polar surface area (TPSA) is 35.5 Å². The Morgan fingerprint density at radius 3 is 2.19 bits per heavy atom. The predicted molar refractivity (Wildman–Crippen MR) is 118 cm³/mol. The van der Waals surface area contributed by atoms with Crippen LogP contribution in [0.2, 0.25) is 18.1 Å². The van der Waals surface area contributed by atoms with Crippen LogP contribution in [0, 0.1) is 24.2 Å². The Morgan fingerprint density at radius 1 is 1.22 bits per heavy atom. The molecule has 0 aromatic rings. The quantitative estimate of drug-likeness (QED) is 0.187. The molecule has 0 rings (SSSR count). The second kappa shape index (κ2) is 10.5. The first-order valence-corrected chi connectivity index (χ1v) is 13.0. The lowest BCUT2D eigenvalue weighted by molar-refractivity contribution is -0.155. The van der Waals surface area contributed by atoms with Crippen molar-refractivity contribution in [2.75, 3.05) is 0 Å². The van der Waals surface area contributed by atoms with Gasteiger partial charge in [0.25, 0.3) is 0 Å². The van der Waals surface area contributed by atoms with Gasteiger partial charge in [-0.25, -0.2) is 0 Å². The summed E-state index contributed by atoms with van der Waals surface area (Å²) in [6.45, 7) is 23.1. The van der Waals surface area contributed by atoms with Crippen molar-refractivity contribution < 1.29 is 14.0 Å². The van der Waals surface area contributed by atoms with E-state index < -0.39 is 13.9 Å². The first kappa shape index (κ1) is 25.9. The van der Waals surface area contributed by atoms with Gasteiger partial charge in [0.05, 0.1) is 6.10 Å². The van der Waals surface area contributed by atoms with Gasteiger partial charge >= 0.3 is 5.97 Å². The molecule has 27 heavy (non-hydrogen) atoms. The maximum absolute atomic E-state index is 12.0. The average molecular weight is 395 g/mol. The predicted octanol–water partition coefficient (Wildman–Crippen LogP) is 6.35. The SMILES string of the molecule is C#CC[C@@H](C)[C@H](CCCC(=O)OC(C)(C)C)C(C=C)O[Si](C)(C)C(C)(C)C. The molecule has 4 heteroatoms. The van der Waals surface area contributed by atoms with E-state index in [1.54, 1.807) is 0 Å². The number of ether oxygens (including phenoxy) is 1. The number of esters is 1. The lowest BCUT2D eigenvalue weighted by Gasteiger charge is -2.41. The largest absolute Gasteiger partial charge is 0.460 e. The van der Waals surface area contributed by atoms with Crippen LogP contribution in [0.15, 0.2) is 12.7 Å². The third kappa shape index (κ3) is 9.62. The molecule has 156 valence electrons. The number of hydrogen-bond donors (Lipinski definition) is 0. The van der Waals surface area contributed by atoms with Crippen LogP contribution in [0.1, 0.15) is 74.1 Å². The Kier molecular flexibility index (Phi) is 10.1. The molecule has 0 aromatic carbocycles. The van der Waals surface area contributed by atoms with Crippen LogP contribution in [-0.2, 0) is 14.0 Å². The van der Waals surface area contributed by atoms with Crippen LogP contribution in [0.25, 0.3) is 0 Å². The maximum atomic E-state index is 12.0. The van der Waals surface area contributed by atoms with Crippen LogP contribution in [0.4, 0.5) is 0 Å². The van der Waals surface area contributed by atoms with E-state index in [4.69, 9.17) is 15.6 Å². The Hall–Kier alpha value is -1.05. The van der Waals surface area contributed by atoms with E-state index in [1.807, 2.05) is 26.8 Å². The maximum Gasteiger partial charge on any atom is 0.306 e. The Balaban J connectivity index is 5.14. The normalized spacial score (nSPS) is 16.1. The standard InChI is InChI=1S/C23H42O3Si/c1-12-15-18(3)19(16-14-17-21(24)25-22(4,5)6)20(13-2)26-27(10,11)23(7,8)9/h1,13,18-20H,2,14-17H2,3-11H3/t18-,19+,20?/m1/s1. The molecule has 3 atom stereocenters. The summed E-state index contributed by atoms with van der Waals surface area (Å²) in [5.74, 6) is 3.19. The molecule has 0 aliphatic heterocycles. The van der Waals surface area contributed by atoms with Crippen LogP contribution in [0.3, 0.4) is 0 Å². The fourth-order valence-electron chi connectivity index (χ4n) is 2.81. The molecule has 0 bridgehead atoms. The molecule has 3 nitrogen and oxygen atoms in total. The first-order chi connectivity index (χ1) is 12.1. The molecule has 0 aromatic heterocycles. The minimum Gasteiger partial charge on any atom is -0.460 e. The van der Waals surface area contributed by atoms with Crippen molar-refractivity contribution in [1.82, 2.24) is 0 Å². The van der Waals surface area contributed by atoms with Crippen LogP contribution in [-0.4, -0.2) is 26.0 Å². The molecular formula is C23H42O3Si. The van der Waals surface area contributed by atoms with Crippen LogP contribution in [0.5, 0.6) is 0 Å². The number of carbonyl (C=O) groups excluding carboxylic acids is 1. The van der Waals surface area contributed by atoms with Crippen LogP contribution >= 0.6 is 0 Å². The molecule has 0 fully saturated rings. The van der Waals surface area contributed by atoms with Gasteiger partial charge in [-0.15, -0.1) is 18.9 Å². The van der Waals surface area contributed by atoms with Crippen molar-refractivity contribution in [3.8, 4) is 12.3 Å². The van der Waals surface area contributed by atoms with Gasteiger partial charge in [0, 0.05) is 12.8 Å². The minimum absolute atomic E-state index is 0.0483. The third-order valence-corrected chi connectivity index (χ3v) is 9.87. The van der Waals surface area contributed by atoms with Gasteiger partial charge in [0.2, 0.25) is 0 Å². The molecule has 0 heterocycles. The fraction of sp³-hybridized carbons (Fsp3) is 0.783. The zero-order valence-corrected chi connectivity index (χ0v) is 20.1. The van der Waals surface area contributed by atoms with E-state index >= 15 is 0 Å². The van der Waals surface area contributed by atoms with Gasteiger partial charge in [-0.05, 0) is 63.6 Å². The van der Waals surface area contributed by atoms with Gasteiger partial charge in [0.15, 0.2) is 8.32 Å². The number of rotatable bonds is 10. The Bertz CT molecular complexity index is 517. The van der Waals surface area contributed by atoms with E-state index in [2.05, 4.69) is 53.3 Å². The van der Waals surface area contributed by atoms with Crippen molar-refractivity contribution in [2.45, 2.75) is 104 Å². The fourth-order valence-corrected chi connectivity index (χ4v) is 4.12. The van der Waals surface area contributed by atoms with E-state index in [0.717, 1.165) is 12.8 Å². The van der Waals surface area contributed by atoms with Gasteiger partial charge < -0.3 is 9.16 Å². The van der Waals surface area contributed by atoms with Crippen molar-refractivity contribution in [3.05, 3.63) is 12.7 Å². The van der Waals surface area contributed by atoms with Crippen LogP contribution < -0.4 is 0 Å². The molecule has 0 spiro atoms. The van der Waals surface area contributed by atoms with Gasteiger partial charge in [-0.2, -0.15) is 0 Å². The lowest BCUT2D eigenvalue weighted by Crippen LogP contribution is -2.46. The summed E-state index contributed by atoms with van der Waals surface area (Å²) in [6, 6.07) is 0. The smallest absolute Gasteiger partial charge is 0.306 e. The molecule has 0 amide bonds. The zero-order valence-electron chi connectivity index (χ0n) is 19.1. The summed E-state index contributed by atoms with van der Waals surface area (Å²) in [5.41, 5.74) is -0.442. The highest BCUT2D eigenvalue weighted by molar-refractivity contribution is 6.74. The zero-order chi connectivity index (χ0) is 21.5. The summed E-state index contributed by atoms with van der Waals surface area (Å²) in [6.07, 6.45) is 10.2.